The summed E-state index contributed by atoms with van der Waals surface area (Å²) in [5, 5.41) is 8.51. The normalized spacial score (nSPS) is 11.6. The molecule has 0 fully saturated rings. The Balaban J connectivity index is 3.07. The highest BCUT2D eigenvalue weighted by Crippen LogP contribution is 2.31. The van der Waals surface area contributed by atoms with Gasteiger partial charge in [0.1, 0.15) is 5.69 Å². The molecule has 0 aliphatic carbocycles. The molecule has 96 valence electrons. The van der Waals surface area contributed by atoms with Gasteiger partial charge in [0.05, 0.1) is 7.11 Å². The molecule has 4 heteroatoms. The van der Waals surface area contributed by atoms with E-state index in [0.717, 1.165) is 37.2 Å². The highest BCUT2D eigenvalue weighted by Gasteiger charge is 2.27. The van der Waals surface area contributed by atoms with Crippen LogP contribution in [-0.4, -0.2) is 22.3 Å². The summed E-state index contributed by atoms with van der Waals surface area (Å²) in [5.74, 6) is 1.39. The lowest BCUT2D eigenvalue weighted by Gasteiger charge is -2.23. The highest BCUT2D eigenvalue weighted by atomic mass is 16.5. The van der Waals surface area contributed by atoms with Crippen molar-refractivity contribution in [2.45, 2.75) is 58.8 Å². The molecule has 0 aliphatic rings. The summed E-state index contributed by atoms with van der Waals surface area (Å²) in [4.78, 5) is 4.43. The van der Waals surface area contributed by atoms with Crippen LogP contribution in [-0.2, 0) is 11.8 Å². The van der Waals surface area contributed by atoms with Gasteiger partial charge in [0, 0.05) is 11.8 Å². The molecule has 0 saturated heterocycles. The van der Waals surface area contributed by atoms with Crippen molar-refractivity contribution in [1.82, 2.24) is 15.2 Å². The molecule has 0 N–H and O–H groups in total. The monoisotopic (exact) mass is 237 g/mol. The predicted molar refractivity (Wildman–Crippen MR) is 68.3 cm³/mol. The average molecular weight is 237 g/mol. The van der Waals surface area contributed by atoms with Crippen LogP contribution in [0.4, 0.5) is 0 Å². The Kier molecular flexibility index (Phi) is 4.85. The molecule has 0 amide bonds. The van der Waals surface area contributed by atoms with Crippen LogP contribution in [0.5, 0.6) is 5.88 Å². The summed E-state index contributed by atoms with van der Waals surface area (Å²) in [5.41, 5.74) is 0.826. The number of aromatic nitrogens is 3. The molecule has 0 unspecified atom stereocenters. The van der Waals surface area contributed by atoms with Crippen molar-refractivity contribution in [2.24, 2.45) is 0 Å². The summed E-state index contributed by atoms with van der Waals surface area (Å²) in [6, 6.07) is 0. The van der Waals surface area contributed by atoms with Crippen LogP contribution in [0.3, 0.4) is 0 Å². The maximum absolute atomic E-state index is 5.35. The zero-order valence-electron chi connectivity index (χ0n) is 11.6. The van der Waals surface area contributed by atoms with Gasteiger partial charge in [-0.3, -0.25) is 0 Å². The molecule has 17 heavy (non-hydrogen) atoms. The summed E-state index contributed by atoms with van der Waals surface area (Å²) < 4.78 is 5.35. The summed E-state index contributed by atoms with van der Waals surface area (Å²) in [6.45, 7) is 8.58. The van der Waals surface area contributed by atoms with Crippen LogP contribution in [0.2, 0.25) is 0 Å². The molecule has 0 aromatic carbocycles. The zero-order valence-corrected chi connectivity index (χ0v) is 11.6. The van der Waals surface area contributed by atoms with Crippen molar-refractivity contribution >= 4 is 0 Å². The Hall–Kier alpha value is -1.19. The molecule has 1 rings (SSSR count). The topological polar surface area (TPSA) is 47.9 Å². The first-order chi connectivity index (χ1) is 8.05. The fourth-order valence-electron chi connectivity index (χ4n) is 1.98. The molecule has 1 aromatic rings. The number of hydrogen-bond donors (Lipinski definition) is 0. The van der Waals surface area contributed by atoms with E-state index in [0.29, 0.717) is 5.88 Å². The van der Waals surface area contributed by atoms with Crippen LogP contribution in [0.25, 0.3) is 0 Å². The summed E-state index contributed by atoms with van der Waals surface area (Å²) in [6.07, 6.45) is 4.02. The quantitative estimate of drug-likeness (QED) is 0.763. The van der Waals surface area contributed by atoms with Gasteiger partial charge in [0.2, 0.25) is 5.88 Å². The predicted octanol–water partition coefficient (Wildman–Crippen LogP) is 2.91. The van der Waals surface area contributed by atoms with E-state index in [1.165, 1.54) is 0 Å². The molecule has 0 radical (unpaired) electrons. The lowest BCUT2D eigenvalue weighted by atomic mass is 9.84. The first-order valence-corrected chi connectivity index (χ1v) is 6.33. The minimum absolute atomic E-state index is 0.0369. The van der Waals surface area contributed by atoms with Gasteiger partial charge >= 0.3 is 0 Å². The maximum atomic E-state index is 5.35. The summed E-state index contributed by atoms with van der Waals surface area (Å²) >= 11 is 0. The largest absolute Gasteiger partial charge is 0.480 e. The van der Waals surface area contributed by atoms with Crippen LogP contribution in [0.15, 0.2) is 0 Å². The molecular formula is C13H23N3O. The molecule has 4 nitrogen and oxygen atoms in total. The van der Waals surface area contributed by atoms with Crippen molar-refractivity contribution in [3.8, 4) is 5.88 Å². The molecule has 0 spiro atoms. The van der Waals surface area contributed by atoms with Gasteiger partial charge in [-0.05, 0) is 12.8 Å². The fourth-order valence-corrected chi connectivity index (χ4v) is 1.98. The number of nitrogens with zero attached hydrogens (tertiary/aromatic N) is 3. The van der Waals surface area contributed by atoms with Crippen LogP contribution < -0.4 is 4.74 Å². The van der Waals surface area contributed by atoms with E-state index in [2.05, 4.69) is 42.9 Å². The van der Waals surface area contributed by atoms with Crippen molar-refractivity contribution in [2.75, 3.05) is 7.11 Å². The second-order valence-corrected chi connectivity index (χ2v) is 4.97. The molecule has 0 aliphatic heterocycles. The Bertz CT molecular complexity index is 364. The molecule has 0 bridgehead atoms. The third-order valence-corrected chi connectivity index (χ3v) is 2.88. The minimum atomic E-state index is -0.0369. The van der Waals surface area contributed by atoms with Gasteiger partial charge in [-0.1, -0.05) is 34.1 Å². The summed E-state index contributed by atoms with van der Waals surface area (Å²) in [7, 11) is 1.64. The van der Waals surface area contributed by atoms with E-state index in [4.69, 9.17) is 4.74 Å². The lowest BCUT2D eigenvalue weighted by molar-refractivity contribution is 0.354. The van der Waals surface area contributed by atoms with Crippen molar-refractivity contribution < 1.29 is 4.74 Å². The van der Waals surface area contributed by atoms with E-state index < -0.39 is 0 Å². The van der Waals surface area contributed by atoms with Gasteiger partial charge in [0.15, 0.2) is 5.82 Å². The van der Waals surface area contributed by atoms with Gasteiger partial charge in [-0.15, -0.1) is 10.2 Å². The van der Waals surface area contributed by atoms with Crippen molar-refractivity contribution in [3.63, 3.8) is 0 Å². The van der Waals surface area contributed by atoms with Crippen molar-refractivity contribution in [1.29, 1.82) is 0 Å². The molecule has 0 atom stereocenters. The average Bonchev–Trinajstić information content (AvgIpc) is 2.29. The smallest absolute Gasteiger partial charge is 0.239 e. The van der Waals surface area contributed by atoms with Gasteiger partial charge in [-0.25, -0.2) is 0 Å². The fraction of sp³-hybridized carbons (Fsp3) is 0.769. The third-order valence-electron chi connectivity index (χ3n) is 2.88. The van der Waals surface area contributed by atoms with Crippen LogP contribution in [0, 0.1) is 0 Å². The molecular weight excluding hydrogens is 214 g/mol. The van der Waals surface area contributed by atoms with E-state index >= 15 is 0 Å². The number of ether oxygens (including phenoxy) is 1. The van der Waals surface area contributed by atoms with Crippen LogP contribution in [0.1, 0.15) is 58.5 Å². The highest BCUT2D eigenvalue weighted by molar-refractivity contribution is 5.25. The first-order valence-electron chi connectivity index (χ1n) is 6.33. The van der Waals surface area contributed by atoms with E-state index in [9.17, 15) is 0 Å². The minimum Gasteiger partial charge on any atom is -0.480 e. The number of rotatable bonds is 6. The Morgan fingerprint density at radius 1 is 1.12 bits per heavy atom. The molecule has 1 aromatic heterocycles. The number of hydrogen-bond acceptors (Lipinski definition) is 4. The van der Waals surface area contributed by atoms with Gasteiger partial charge in [0.25, 0.3) is 0 Å². The van der Waals surface area contributed by atoms with Crippen molar-refractivity contribution in [3.05, 3.63) is 11.5 Å². The Labute approximate surface area is 104 Å². The van der Waals surface area contributed by atoms with Crippen LogP contribution >= 0.6 is 0 Å². The second-order valence-electron chi connectivity index (χ2n) is 4.97. The SMILES string of the molecule is CCCc1nnc(C(C)(C)CCC)c(OC)n1. The standard InChI is InChI=1S/C13H23N3O/c1-6-8-10-14-12(17-5)11(16-15-10)13(3,4)9-7-2/h6-9H2,1-5H3. The number of aryl methyl sites for hydroxylation is 1. The van der Waals surface area contributed by atoms with Gasteiger partial charge < -0.3 is 4.74 Å². The zero-order chi connectivity index (χ0) is 12.9. The molecule has 0 saturated carbocycles. The molecule has 1 heterocycles. The third kappa shape index (κ3) is 3.38. The Morgan fingerprint density at radius 3 is 2.35 bits per heavy atom. The van der Waals surface area contributed by atoms with E-state index in [1.54, 1.807) is 7.11 Å². The van der Waals surface area contributed by atoms with E-state index in [1.807, 2.05) is 0 Å². The van der Waals surface area contributed by atoms with E-state index in [-0.39, 0.29) is 5.41 Å². The van der Waals surface area contributed by atoms with Gasteiger partial charge in [-0.2, -0.15) is 4.98 Å². The Morgan fingerprint density at radius 2 is 1.82 bits per heavy atom. The lowest BCUT2D eigenvalue weighted by Crippen LogP contribution is -2.22. The first kappa shape index (κ1) is 13.9. The second kappa shape index (κ2) is 5.94. The maximum Gasteiger partial charge on any atom is 0.239 e. The number of methoxy groups -OCH3 is 1.